The number of piperidine rings is 1. The van der Waals surface area contributed by atoms with E-state index in [0.29, 0.717) is 10.4 Å². The highest BCUT2D eigenvalue weighted by Crippen LogP contribution is 2.38. The maximum atomic E-state index is 13.5. The van der Waals surface area contributed by atoms with Gasteiger partial charge in [0.25, 0.3) is 10.0 Å². The van der Waals surface area contributed by atoms with Gasteiger partial charge in [-0.2, -0.15) is 13.2 Å². The summed E-state index contributed by atoms with van der Waals surface area (Å²) >= 11 is 5.75. The molecule has 1 fully saturated rings. The Morgan fingerprint density at radius 1 is 0.974 bits per heavy atom. The SMILES string of the molecule is Cc1ccc(S(=O)(=O)N(CC(=O)NCc2ccc(N3CCCCC3)cc2)c2ccc(Cl)c(C(F)(F)F)c2)cc1. The predicted molar refractivity (Wildman–Crippen MR) is 147 cm³/mol. The average Bonchev–Trinajstić information content (AvgIpc) is 2.91. The van der Waals surface area contributed by atoms with Crippen molar-refractivity contribution in [1.29, 1.82) is 0 Å². The summed E-state index contributed by atoms with van der Waals surface area (Å²) in [4.78, 5) is 15.1. The lowest BCUT2D eigenvalue weighted by Gasteiger charge is -2.28. The van der Waals surface area contributed by atoms with Crippen LogP contribution in [0.2, 0.25) is 5.02 Å². The molecule has 6 nitrogen and oxygen atoms in total. The van der Waals surface area contributed by atoms with E-state index in [1.54, 1.807) is 19.1 Å². The summed E-state index contributed by atoms with van der Waals surface area (Å²) in [6.07, 6.45) is -1.28. The second kappa shape index (κ2) is 11.9. The Kier molecular flexibility index (Phi) is 8.76. The van der Waals surface area contributed by atoms with E-state index in [1.165, 1.54) is 18.6 Å². The monoisotopic (exact) mass is 579 g/mol. The van der Waals surface area contributed by atoms with Gasteiger partial charge in [-0.1, -0.05) is 41.4 Å². The van der Waals surface area contributed by atoms with Gasteiger partial charge in [-0.3, -0.25) is 9.10 Å². The van der Waals surface area contributed by atoms with Crippen LogP contribution >= 0.6 is 11.6 Å². The molecule has 1 amide bonds. The average molecular weight is 580 g/mol. The molecule has 0 bridgehead atoms. The Labute approximate surface area is 231 Å². The molecule has 0 saturated carbocycles. The Bertz CT molecular complexity index is 1410. The molecule has 1 aliphatic rings. The van der Waals surface area contributed by atoms with Gasteiger partial charge in [0.05, 0.1) is 21.2 Å². The molecule has 11 heteroatoms. The summed E-state index contributed by atoms with van der Waals surface area (Å²) in [5.74, 6) is -0.672. The number of carbonyl (C=O) groups is 1. The number of aryl methyl sites for hydroxylation is 1. The molecule has 39 heavy (non-hydrogen) atoms. The first-order chi connectivity index (χ1) is 18.4. The number of amides is 1. The number of hydrogen-bond donors (Lipinski definition) is 1. The molecule has 1 heterocycles. The zero-order valence-electron chi connectivity index (χ0n) is 21.3. The third kappa shape index (κ3) is 7.05. The highest BCUT2D eigenvalue weighted by atomic mass is 35.5. The number of carbonyl (C=O) groups excluding carboxylic acids is 1. The quantitative estimate of drug-likeness (QED) is 0.347. The molecule has 1 N–H and O–H groups in total. The Morgan fingerprint density at radius 3 is 2.23 bits per heavy atom. The van der Waals surface area contributed by atoms with E-state index in [9.17, 15) is 26.4 Å². The summed E-state index contributed by atoms with van der Waals surface area (Å²) < 4.78 is 68.3. The highest BCUT2D eigenvalue weighted by molar-refractivity contribution is 7.92. The lowest BCUT2D eigenvalue weighted by Crippen LogP contribution is -2.40. The van der Waals surface area contributed by atoms with Gasteiger partial charge in [-0.15, -0.1) is 0 Å². The number of hydrogen-bond acceptors (Lipinski definition) is 4. The zero-order valence-corrected chi connectivity index (χ0v) is 22.9. The number of benzene rings is 3. The molecule has 0 atom stereocenters. The number of halogens is 4. The van der Waals surface area contributed by atoms with Crippen molar-refractivity contribution in [2.75, 3.05) is 28.8 Å². The largest absolute Gasteiger partial charge is 0.417 e. The molecule has 0 unspecified atom stereocenters. The van der Waals surface area contributed by atoms with Crippen molar-refractivity contribution in [3.63, 3.8) is 0 Å². The van der Waals surface area contributed by atoms with Crippen LogP contribution in [0.4, 0.5) is 24.5 Å². The second-order valence-corrected chi connectivity index (χ2v) is 11.7. The van der Waals surface area contributed by atoms with Gasteiger partial charge >= 0.3 is 6.18 Å². The van der Waals surface area contributed by atoms with Crippen molar-refractivity contribution < 1.29 is 26.4 Å². The molecule has 3 aromatic carbocycles. The number of rotatable bonds is 8. The van der Waals surface area contributed by atoms with Crippen molar-refractivity contribution in [2.24, 2.45) is 0 Å². The smallest absolute Gasteiger partial charge is 0.372 e. The first-order valence-corrected chi connectivity index (χ1v) is 14.3. The summed E-state index contributed by atoms with van der Waals surface area (Å²) in [5.41, 5.74) is 1.19. The lowest BCUT2D eigenvalue weighted by molar-refractivity contribution is -0.137. The number of nitrogens with zero attached hydrogens (tertiary/aromatic N) is 2. The molecule has 208 valence electrons. The number of sulfonamides is 1. The normalized spacial score (nSPS) is 14.2. The van der Waals surface area contributed by atoms with Crippen LogP contribution in [-0.4, -0.2) is 34.0 Å². The van der Waals surface area contributed by atoms with Crippen LogP contribution in [0, 0.1) is 6.92 Å². The van der Waals surface area contributed by atoms with E-state index >= 15 is 0 Å². The maximum absolute atomic E-state index is 13.5. The molecule has 0 aliphatic carbocycles. The van der Waals surface area contributed by atoms with E-state index in [0.717, 1.165) is 54.9 Å². The number of anilines is 2. The van der Waals surface area contributed by atoms with Gasteiger partial charge < -0.3 is 10.2 Å². The molecular formula is C28H29ClF3N3O3S. The summed E-state index contributed by atoms with van der Waals surface area (Å²) in [7, 11) is -4.39. The first kappa shape index (κ1) is 28.8. The lowest BCUT2D eigenvalue weighted by atomic mass is 10.1. The summed E-state index contributed by atoms with van der Waals surface area (Å²) in [6, 6.07) is 16.3. The predicted octanol–water partition coefficient (Wildman–Crippen LogP) is 6.17. The zero-order chi connectivity index (χ0) is 28.2. The second-order valence-electron chi connectivity index (χ2n) is 9.48. The van der Waals surface area contributed by atoms with Crippen LogP contribution in [0.3, 0.4) is 0 Å². The van der Waals surface area contributed by atoms with Crippen molar-refractivity contribution in [2.45, 2.75) is 43.8 Å². The van der Waals surface area contributed by atoms with E-state index in [-0.39, 0.29) is 17.1 Å². The fourth-order valence-electron chi connectivity index (χ4n) is 4.40. The van der Waals surface area contributed by atoms with Crippen LogP contribution in [0.5, 0.6) is 0 Å². The number of nitrogens with one attached hydrogen (secondary N) is 1. The van der Waals surface area contributed by atoms with Crippen molar-refractivity contribution in [3.8, 4) is 0 Å². The van der Waals surface area contributed by atoms with E-state index in [2.05, 4.69) is 10.2 Å². The Balaban J connectivity index is 1.55. The summed E-state index contributed by atoms with van der Waals surface area (Å²) in [6.45, 7) is 3.19. The fraction of sp³-hybridized carbons (Fsp3) is 0.321. The van der Waals surface area contributed by atoms with Crippen molar-refractivity contribution in [3.05, 3.63) is 88.4 Å². The minimum Gasteiger partial charge on any atom is -0.372 e. The molecule has 1 aliphatic heterocycles. The first-order valence-electron chi connectivity index (χ1n) is 12.5. The van der Waals surface area contributed by atoms with Crippen LogP contribution in [0.25, 0.3) is 0 Å². The van der Waals surface area contributed by atoms with Crippen molar-refractivity contribution in [1.82, 2.24) is 5.32 Å². The third-order valence-electron chi connectivity index (χ3n) is 6.59. The molecular weight excluding hydrogens is 551 g/mol. The van der Waals surface area contributed by atoms with Crippen molar-refractivity contribution >= 4 is 38.9 Å². The van der Waals surface area contributed by atoms with Crippen LogP contribution in [0.15, 0.2) is 71.6 Å². The van der Waals surface area contributed by atoms with Gasteiger partial charge in [0.2, 0.25) is 5.91 Å². The van der Waals surface area contributed by atoms with Crippen LogP contribution in [0.1, 0.15) is 36.0 Å². The molecule has 0 aromatic heterocycles. The summed E-state index contributed by atoms with van der Waals surface area (Å²) in [5, 5.41) is 2.11. The molecule has 0 spiro atoms. The topological polar surface area (TPSA) is 69.7 Å². The minimum atomic E-state index is -4.81. The molecule has 0 radical (unpaired) electrons. The Hall–Kier alpha value is -3.24. The minimum absolute atomic E-state index is 0.131. The highest BCUT2D eigenvalue weighted by Gasteiger charge is 2.35. The molecule has 3 aromatic rings. The van der Waals surface area contributed by atoms with E-state index < -0.39 is 39.2 Å². The van der Waals surface area contributed by atoms with Gasteiger partial charge in [0, 0.05) is 25.3 Å². The van der Waals surface area contributed by atoms with Gasteiger partial charge in [0.15, 0.2) is 0 Å². The third-order valence-corrected chi connectivity index (χ3v) is 8.70. The van der Waals surface area contributed by atoms with Crippen LogP contribution < -0.4 is 14.5 Å². The fourth-order valence-corrected chi connectivity index (χ4v) is 6.04. The van der Waals surface area contributed by atoms with Gasteiger partial charge in [-0.25, -0.2) is 8.42 Å². The van der Waals surface area contributed by atoms with E-state index in [4.69, 9.17) is 11.6 Å². The maximum Gasteiger partial charge on any atom is 0.417 e. The van der Waals surface area contributed by atoms with Gasteiger partial charge in [-0.05, 0) is 74.2 Å². The Morgan fingerprint density at radius 2 is 1.62 bits per heavy atom. The van der Waals surface area contributed by atoms with Crippen LogP contribution in [-0.2, 0) is 27.5 Å². The molecule has 1 saturated heterocycles. The van der Waals surface area contributed by atoms with Gasteiger partial charge in [0.1, 0.15) is 6.54 Å². The molecule has 4 rings (SSSR count). The van der Waals surface area contributed by atoms with E-state index in [1.807, 2.05) is 24.3 Å². The number of alkyl halides is 3. The standard InChI is InChI=1S/C28H29ClF3N3O3S/c1-20-5-12-24(13-6-20)39(37,38)35(23-11-14-26(29)25(17-23)28(30,31)32)19-27(36)33-18-21-7-9-22(10-8-21)34-15-3-2-4-16-34/h5-14,17H,2-4,15-16,18-19H2,1H3,(H,33,36).